The molecule has 9 rings (SSSR count). The lowest BCUT2D eigenvalue weighted by Crippen LogP contribution is -2.08. The van der Waals surface area contributed by atoms with E-state index in [4.69, 9.17) is 5.41 Å². The average Bonchev–Trinajstić information content (AvgIpc) is 3.64. The molecule has 4 nitrogen and oxygen atoms in total. The molecule has 4 heteroatoms. The SMILES string of the molecule is N#Cc1c(C=N)ccc(-n2c3ccccc3c3c4ccccc4ccc32)c1-n1c2ccccc2c2cc(-c3ccccc3)ccc21. The number of rotatable bonds is 4. The molecule has 9 aromatic rings. The largest absolute Gasteiger partial charge is 0.308 e. The van der Waals surface area contributed by atoms with E-state index in [1.807, 2.05) is 12.1 Å². The van der Waals surface area contributed by atoms with Crippen molar-refractivity contribution in [2.45, 2.75) is 0 Å². The number of nitrogens with one attached hydrogen (secondary N) is 1. The van der Waals surface area contributed by atoms with Crippen molar-refractivity contribution in [1.82, 2.24) is 9.13 Å². The lowest BCUT2D eigenvalue weighted by atomic mass is 10.0. The van der Waals surface area contributed by atoms with E-state index in [1.165, 1.54) is 22.4 Å². The molecule has 0 aliphatic heterocycles. The quantitative estimate of drug-likeness (QED) is 0.205. The highest BCUT2D eigenvalue weighted by Gasteiger charge is 2.24. The van der Waals surface area contributed by atoms with Crippen LogP contribution in [-0.2, 0) is 0 Å². The normalized spacial score (nSPS) is 11.5. The molecule has 0 radical (unpaired) electrons. The van der Waals surface area contributed by atoms with Gasteiger partial charge in [-0.25, -0.2) is 0 Å². The van der Waals surface area contributed by atoms with Gasteiger partial charge in [-0.05, 0) is 64.4 Å². The molecular formula is C42H26N4. The Bertz CT molecular complexity index is 2720. The summed E-state index contributed by atoms with van der Waals surface area (Å²) in [6.45, 7) is 0. The van der Waals surface area contributed by atoms with Gasteiger partial charge >= 0.3 is 0 Å². The number of fused-ring (bicyclic) bond motifs is 8. The highest BCUT2D eigenvalue weighted by Crippen LogP contribution is 2.42. The van der Waals surface area contributed by atoms with Crippen molar-refractivity contribution < 1.29 is 0 Å². The first-order valence-corrected chi connectivity index (χ1v) is 15.3. The molecular weight excluding hydrogens is 560 g/mol. The summed E-state index contributed by atoms with van der Waals surface area (Å²) in [5.74, 6) is 0. The first kappa shape index (κ1) is 26.0. The second kappa shape index (κ2) is 10.1. The molecule has 0 saturated heterocycles. The minimum atomic E-state index is 0.467. The molecule has 214 valence electrons. The predicted octanol–water partition coefficient (Wildman–Crippen LogP) is 10.6. The molecule has 2 aromatic heterocycles. The number of hydrogen-bond donors (Lipinski definition) is 1. The van der Waals surface area contributed by atoms with Crippen molar-refractivity contribution in [3.05, 3.63) is 157 Å². The number of nitrogens with zero attached hydrogens (tertiary/aromatic N) is 3. The van der Waals surface area contributed by atoms with Crippen LogP contribution in [0.25, 0.3) is 76.9 Å². The lowest BCUT2D eigenvalue weighted by molar-refractivity contribution is 1.09. The van der Waals surface area contributed by atoms with Crippen LogP contribution >= 0.6 is 0 Å². The smallest absolute Gasteiger partial charge is 0.102 e. The molecule has 0 saturated carbocycles. The molecule has 46 heavy (non-hydrogen) atoms. The van der Waals surface area contributed by atoms with Crippen molar-refractivity contribution in [2.75, 3.05) is 0 Å². The van der Waals surface area contributed by atoms with Crippen molar-refractivity contribution in [1.29, 1.82) is 10.7 Å². The number of aromatic nitrogens is 2. The van der Waals surface area contributed by atoms with Gasteiger partial charge in [0.05, 0.1) is 39.0 Å². The minimum Gasteiger partial charge on any atom is -0.308 e. The van der Waals surface area contributed by atoms with Crippen LogP contribution in [0, 0.1) is 16.7 Å². The fourth-order valence-corrected chi connectivity index (χ4v) is 7.26. The Morgan fingerprint density at radius 1 is 0.522 bits per heavy atom. The van der Waals surface area contributed by atoms with Crippen LogP contribution in [0.15, 0.2) is 146 Å². The summed E-state index contributed by atoms with van der Waals surface area (Å²) in [6.07, 6.45) is 1.28. The molecule has 0 amide bonds. The topological polar surface area (TPSA) is 57.5 Å². The monoisotopic (exact) mass is 586 g/mol. The summed E-state index contributed by atoms with van der Waals surface area (Å²) in [5.41, 5.74) is 9.14. The van der Waals surface area contributed by atoms with Gasteiger partial charge in [0.1, 0.15) is 6.07 Å². The lowest BCUT2D eigenvalue weighted by Gasteiger charge is -2.19. The zero-order chi connectivity index (χ0) is 30.8. The second-order valence-corrected chi connectivity index (χ2v) is 11.6. The van der Waals surface area contributed by atoms with Crippen molar-refractivity contribution >= 4 is 60.6 Å². The Morgan fingerprint density at radius 2 is 1.17 bits per heavy atom. The van der Waals surface area contributed by atoms with E-state index >= 15 is 0 Å². The van der Waals surface area contributed by atoms with E-state index in [0.29, 0.717) is 11.1 Å². The van der Waals surface area contributed by atoms with Gasteiger partial charge in [-0.2, -0.15) is 5.26 Å². The maximum absolute atomic E-state index is 10.8. The second-order valence-electron chi connectivity index (χ2n) is 11.6. The van der Waals surface area contributed by atoms with Gasteiger partial charge in [-0.3, -0.25) is 0 Å². The molecule has 7 aromatic carbocycles. The molecule has 2 heterocycles. The zero-order valence-electron chi connectivity index (χ0n) is 24.8. The van der Waals surface area contributed by atoms with E-state index < -0.39 is 0 Å². The number of nitriles is 1. The van der Waals surface area contributed by atoms with Crippen molar-refractivity contribution in [3.63, 3.8) is 0 Å². The number of benzene rings is 7. The third kappa shape index (κ3) is 3.63. The molecule has 0 unspecified atom stereocenters. The molecule has 0 atom stereocenters. The van der Waals surface area contributed by atoms with Crippen LogP contribution in [-0.4, -0.2) is 15.3 Å². The molecule has 0 fully saturated rings. The highest BCUT2D eigenvalue weighted by atomic mass is 15.1. The summed E-state index contributed by atoms with van der Waals surface area (Å²) in [4.78, 5) is 0. The van der Waals surface area contributed by atoms with Crippen molar-refractivity contribution in [2.24, 2.45) is 0 Å². The van der Waals surface area contributed by atoms with Crippen LogP contribution in [0.3, 0.4) is 0 Å². The van der Waals surface area contributed by atoms with Gasteiger partial charge < -0.3 is 14.5 Å². The fraction of sp³-hybridized carbons (Fsp3) is 0. The Balaban J connectivity index is 1.45. The van der Waals surface area contributed by atoms with Crippen LogP contribution in [0.2, 0.25) is 0 Å². The standard InChI is InChI=1S/C42H26N4/c43-25-30-20-23-40(45-37-17-9-7-15-33(37)41-31-13-5-4-12-28(31)18-22-39(41)45)42(35(30)26-44)46-36-16-8-6-14-32(36)34-24-29(19-21-38(34)46)27-10-2-1-3-11-27/h1-25,43H. The van der Waals surface area contributed by atoms with Crippen molar-refractivity contribution in [3.8, 4) is 28.6 Å². The number of para-hydroxylation sites is 2. The van der Waals surface area contributed by atoms with Crippen LogP contribution in [0.1, 0.15) is 11.1 Å². The first-order chi connectivity index (χ1) is 22.8. The van der Waals surface area contributed by atoms with E-state index in [2.05, 4.69) is 149 Å². The predicted molar refractivity (Wildman–Crippen MR) is 191 cm³/mol. The van der Waals surface area contributed by atoms with E-state index in [9.17, 15) is 5.26 Å². The summed E-state index contributed by atoms with van der Waals surface area (Å²) in [5, 5.41) is 26.0. The maximum atomic E-state index is 10.8. The van der Waals surface area contributed by atoms with E-state index in [0.717, 1.165) is 60.7 Å². The van der Waals surface area contributed by atoms with Gasteiger partial charge in [0.15, 0.2) is 0 Å². The van der Waals surface area contributed by atoms with Gasteiger partial charge in [-0.15, -0.1) is 0 Å². The summed E-state index contributed by atoms with van der Waals surface area (Å²) in [7, 11) is 0. The van der Waals surface area contributed by atoms with Crippen LogP contribution < -0.4 is 0 Å². The Kier molecular flexibility index (Phi) is 5.68. The third-order valence-corrected chi connectivity index (χ3v) is 9.26. The van der Waals surface area contributed by atoms with Gasteiger partial charge in [-0.1, -0.05) is 103 Å². The summed E-state index contributed by atoms with van der Waals surface area (Å²) >= 11 is 0. The summed E-state index contributed by atoms with van der Waals surface area (Å²) < 4.78 is 4.52. The van der Waals surface area contributed by atoms with Gasteiger partial charge in [0.2, 0.25) is 0 Å². The fourth-order valence-electron chi connectivity index (χ4n) is 7.26. The third-order valence-electron chi connectivity index (χ3n) is 9.26. The minimum absolute atomic E-state index is 0.467. The van der Waals surface area contributed by atoms with E-state index in [1.54, 1.807) is 0 Å². The summed E-state index contributed by atoms with van der Waals surface area (Å²) in [6, 6.07) is 53.2. The Morgan fingerprint density at radius 3 is 1.96 bits per heavy atom. The Labute approximate surface area is 265 Å². The van der Waals surface area contributed by atoms with E-state index in [-0.39, 0.29) is 0 Å². The molecule has 0 spiro atoms. The van der Waals surface area contributed by atoms with Gasteiger partial charge in [0, 0.05) is 33.3 Å². The first-order valence-electron chi connectivity index (χ1n) is 15.3. The number of hydrogen-bond acceptors (Lipinski definition) is 2. The molecule has 1 N–H and O–H groups in total. The molecule has 0 aliphatic carbocycles. The van der Waals surface area contributed by atoms with Crippen LogP contribution in [0.5, 0.6) is 0 Å². The molecule has 0 aliphatic rings. The maximum Gasteiger partial charge on any atom is 0.102 e. The van der Waals surface area contributed by atoms with Gasteiger partial charge in [0.25, 0.3) is 0 Å². The zero-order valence-corrected chi connectivity index (χ0v) is 24.8. The molecule has 0 bridgehead atoms. The van der Waals surface area contributed by atoms with Crippen LogP contribution in [0.4, 0.5) is 0 Å². The average molecular weight is 587 g/mol. The Hall–Kier alpha value is -6.44. The highest BCUT2D eigenvalue weighted by molar-refractivity contribution is 6.21.